The van der Waals surface area contributed by atoms with E-state index >= 15 is 0 Å². The van der Waals surface area contributed by atoms with E-state index in [9.17, 15) is 0 Å². The maximum atomic E-state index is 2.40. The van der Waals surface area contributed by atoms with E-state index in [0.29, 0.717) is 0 Å². The van der Waals surface area contributed by atoms with Gasteiger partial charge in [0.1, 0.15) is 0 Å². The van der Waals surface area contributed by atoms with Crippen molar-refractivity contribution in [3.63, 3.8) is 0 Å². The predicted octanol–water partition coefficient (Wildman–Crippen LogP) is 12.8. The molecule has 47 heavy (non-hydrogen) atoms. The number of hydrogen-bond acceptors (Lipinski definition) is 1. The molecule has 1 aliphatic rings. The molecule has 226 valence electrons. The van der Waals surface area contributed by atoms with Crippen LogP contribution in [-0.4, -0.2) is 0 Å². The minimum atomic E-state index is -0.0727. The molecule has 0 bridgehead atoms. The summed E-state index contributed by atoms with van der Waals surface area (Å²) in [5, 5.41) is 0. The first-order valence-corrected chi connectivity index (χ1v) is 16.4. The maximum Gasteiger partial charge on any atom is 0.0465 e. The van der Waals surface area contributed by atoms with Gasteiger partial charge >= 0.3 is 0 Å². The molecule has 0 aliphatic heterocycles. The van der Waals surface area contributed by atoms with Crippen molar-refractivity contribution < 1.29 is 0 Å². The van der Waals surface area contributed by atoms with Crippen LogP contribution in [0, 0.1) is 6.92 Å². The zero-order chi connectivity index (χ0) is 32.0. The quantitative estimate of drug-likeness (QED) is 0.183. The number of anilines is 3. The number of nitrogens with zero attached hydrogens (tertiary/aromatic N) is 1. The Bertz CT molecular complexity index is 2210. The highest BCUT2D eigenvalue weighted by Crippen LogP contribution is 2.50. The van der Waals surface area contributed by atoms with Gasteiger partial charge in [0, 0.05) is 22.5 Å². The zero-order valence-electron chi connectivity index (χ0n) is 27.1. The second kappa shape index (κ2) is 11.6. The molecule has 0 spiro atoms. The summed E-state index contributed by atoms with van der Waals surface area (Å²) < 4.78 is 0. The van der Waals surface area contributed by atoms with Gasteiger partial charge in [0.25, 0.3) is 0 Å². The Labute approximate surface area is 278 Å². The summed E-state index contributed by atoms with van der Waals surface area (Å²) in [6.45, 7) is 6.87. The fraction of sp³-hybridized carbons (Fsp3) is 0.0870. The van der Waals surface area contributed by atoms with Crippen LogP contribution in [0.4, 0.5) is 17.1 Å². The molecule has 7 aromatic rings. The second-order valence-corrected chi connectivity index (χ2v) is 13.1. The van der Waals surface area contributed by atoms with E-state index in [2.05, 4.69) is 196 Å². The average molecular weight is 604 g/mol. The second-order valence-electron chi connectivity index (χ2n) is 13.1. The van der Waals surface area contributed by atoms with Gasteiger partial charge in [0.2, 0.25) is 0 Å². The molecular formula is C46H37N. The Morgan fingerprint density at radius 3 is 1.57 bits per heavy atom. The third-order valence-corrected chi connectivity index (χ3v) is 9.84. The van der Waals surface area contributed by atoms with Crippen molar-refractivity contribution in [2.45, 2.75) is 26.2 Å². The number of rotatable bonds is 6. The summed E-state index contributed by atoms with van der Waals surface area (Å²) in [4.78, 5) is 2.39. The van der Waals surface area contributed by atoms with Crippen molar-refractivity contribution in [2.75, 3.05) is 4.90 Å². The lowest BCUT2D eigenvalue weighted by molar-refractivity contribution is 0.660. The molecule has 7 aromatic carbocycles. The molecule has 0 radical (unpaired) electrons. The van der Waals surface area contributed by atoms with Gasteiger partial charge in [-0.3, -0.25) is 0 Å². The lowest BCUT2D eigenvalue weighted by atomic mass is 9.82. The topological polar surface area (TPSA) is 3.24 Å². The van der Waals surface area contributed by atoms with Crippen LogP contribution in [0.5, 0.6) is 0 Å². The van der Waals surface area contributed by atoms with Crippen LogP contribution >= 0.6 is 0 Å². The minimum Gasteiger partial charge on any atom is -0.310 e. The average Bonchev–Trinajstić information content (AvgIpc) is 3.35. The summed E-state index contributed by atoms with van der Waals surface area (Å²) in [6, 6.07) is 61.9. The third-order valence-electron chi connectivity index (χ3n) is 9.84. The smallest absolute Gasteiger partial charge is 0.0465 e. The lowest BCUT2D eigenvalue weighted by Crippen LogP contribution is -2.16. The molecule has 0 fully saturated rings. The molecule has 0 heterocycles. The number of hydrogen-bond donors (Lipinski definition) is 0. The molecule has 0 saturated heterocycles. The fourth-order valence-corrected chi connectivity index (χ4v) is 7.28. The van der Waals surface area contributed by atoms with E-state index in [4.69, 9.17) is 0 Å². The van der Waals surface area contributed by atoms with Gasteiger partial charge in [-0.05, 0) is 111 Å². The Balaban J connectivity index is 1.20. The Morgan fingerprint density at radius 1 is 0.362 bits per heavy atom. The fourth-order valence-electron chi connectivity index (χ4n) is 7.28. The van der Waals surface area contributed by atoms with Gasteiger partial charge in [-0.2, -0.15) is 0 Å². The predicted molar refractivity (Wildman–Crippen MR) is 200 cm³/mol. The van der Waals surface area contributed by atoms with Crippen LogP contribution in [0.2, 0.25) is 0 Å². The molecule has 0 amide bonds. The largest absolute Gasteiger partial charge is 0.310 e. The van der Waals surface area contributed by atoms with E-state index in [1.54, 1.807) is 0 Å². The molecule has 0 saturated carbocycles. The molecule has 0 unspecified atom stereocenters. The molecule has 8 rings (SSSR count). The highest BCUT2D eigenvalue weighted by Gasteiger charge is 2.35. The van der Waals surface area contributed by atoms with Crippen molar-refractivity contribution in [1.82, 2.24) is 0 Å². The van der Waals surface area contributed by atoms with E-state index in [1.165, 1.54) is 61.2 Å². The van der Waals surface area contributed by atoms with E-state index in [1.807, 2.05) is 0 Å². The molecule has 0 atom stereocenters. The van der Waals surface area contributed by atoms with Crippen LogP contribution in [0.25, 0.3) is 44.5 Å². The molecular weight excluding hydrogens is 567 g/mol. The summed E-state index contributed by atoms with van der Waals surface area (Å²) in [7, 11) is 0. The molecule has 0 aromatic heterocycles. The Hall–Kier alpha value is -5.66. The van der Waals surface area contributed by atoms with Crippen molar-refractivity contribution in [3.8, 4) is 44.5 Å². The van der Waals surface area contributed by atoms with Gasteiger partial charge in [-0.25, -0.2) is 0 Å². The number of benzene rings is 7. The van der Waals surface area contributed by atoms with Gasteiger partial charge in [0.15, 0.2) is 0 Å². The van der Waals surface area contributed by atoms with E-state index in [0.717, 1.165) is 17.1 Å². The summed E-state index contributed by atoms with van der Waals surface area (Å²) in [5.41, 5.74) is 17.4. The van der Waals surface area contributed by atoms with Crippen LogP contribution in [0.1, 0.15) is 30.5 Å². The van der Waals surface area contributed by atoms with Crippen molar-refractivity contribution >= 4 is 17.1 Å². The summed E-state index contributed by atoms with van der Waals surface area (Å²) in [6.07, 6.45) is 0. The number of fused-ring (bicyclic) bond motifs is 3. The van der Waals surface area contributed by atoms with Gasteiger partial charge < -0.3 is 4.90 Å². The minimum absolute atomic E-state index is 0.0727. The third kappa shape index (κ3) is 5.15. The number of aryl methyl sites for hydroxylation is 1. The van der Waals surface area contributed by atoms with Crippen LogP contribution < -0.4 is 4.90 Å². The van der Waals surface area contributed by atoms with Crippen LogP contribution in [0.15, 0.2) is 170 Å². The normalized spacial score (nSPS) is 12.7. The first-order valence-electron chi connectivity index (χ1n) is 16.4. The zero-order valence-corrected chi connectivity index (χ0v) is 27.1. The van der Waals surface area contributed by atoms with Crippen molar-refractivity contribution in [2.24, 2.45) is 0 Å². The molecule has 1 aliphatic carbocycles. The molecule has 1 heteroatoms. The van der Waals surface area contributed by atoms with Gasteiger partial charge in [-0.1, -0.05) is 141 Å². The van der Waals surface area contributed by atoms with Crippen LogP contribution in [0.3, 0.4) is 0 Å². The van der Waals surface area contributed by atoms with E-state index in [-0.39, 0.29) is 5.41 Å². The highest BCUT2D eigenvalue weighted by molar-refractivity contribution is 5.86. The van der Waals surface area contributed by atoms with Gasteiger partial charge in [0.05, 0.1) is 0 Å². The standard InChI is InChI=1S/C46H37N/c1-32-12-7-8-17-41(32)37-16-11-15-36(30-37)35-22-26-39(27-23-35)47(38-24-20-34(21-25-38)33-13-5-4-6-14-33)40-28-29-43-42-18-9-10-19-44(42)46(2,3)45(43)31-40/h4-31H,1-3H3. The summed E-state index contributed by atoms with van der Waals surface area (Å²) in [5.74, 6) is 0. The maximum absolute atomic E-state index is 2.40. The molecule has 1 nitrogen and oxygen atoms in total. The van der Waals surface area contributed by atoms with Crippen LogP contribution in [-0.2, 0) is 5.41 Å². The Morgan fingerprint density at radius 2 is 0.872 bits per heavy atom. The lowest BCUT2D eigenvalue weighted by Gasteiger charge is -2.28. The van der Waals surface area contributed by atoms with Gasteiger partial charge in [-0.15, -0.1) is 0 Å². The summed E-state index contributed by atoms with van der Waals surface area (Å²) >= 11 is 0. The highest BCUT2D eigenvalue weighted by atomic mass is 15.1. The first-order chi connectivity index (χ1) is 23.0. The van der Waals surface area contributed by atoms with E-state index < -0.39 is 0 Å². The first kappa shape index (κ1) is 28.8. The molecule has 0 N–H and O–H groups in total. The monoisotopic (exact) mass is 603 g/mol. The van der Waals surface area contributed by atoms with Crippen molar-refractivity contribution in [1.29, 1.82) is 0 Å². The SMILES string of the molecule is Cc1ccccc1-c1cccc(-c2ccc(N(c3ccc(-c4ccccc4)cc3)c3ccc4c(c3)C(C)(C)c3ccccc3-4)cc2)c1. The van der Waals surface area contributed by atoms with Crippen molar-refractivity contribution in [3.05, 3.63) is 187 Å². The Kier molecular flexibility index (Phi) is 7.11.